The Balaban J connectivity index is 2.20. The summed E-state index contributed by atoms with van der Waals surface area (Å²) in [5.41, 5.74) is 8.38. The first-order valence-electron chi connectivity index (χ1n) is 9.01. The van der Waals surface area contributed by atoms with Crippen molar-refractivity contribution in [2.24, 2.45) is 10.7 Å². The molecule has 0 fully saturated rings. The zero-order valence-corrected chi connectivity index (χ0v) is 16.8. The Morgan fingerprint density at radius 1 is 1.24 bits per heavy atom. The maximum Gasteiger partial charge on any atom is 0.272 e. The van der Waals surface area contributed by atoms with Gasteiger partial charge in [-0.2, -0.15) is 12.6 Å². The third kappa shape index (κ3) is 4.08. The highest BCUT2D eigenvalue weighted by Gasteiger charge is 2.36. The zero-order valence-electron chi connectivity index (χ0n) is 15.9. The van der Waals surface area contributed by atoms with E-state index in [1.165, 1.54) is 16.8 Å². The van der Waals surface area contributed by atoms with Crippen molar-refractivity contribution in [3.63, 3.8) is 0 Å². The smallest absolute Gasteiger partial charge is 0.272 e. The lowest BCUT2D eigenvalue weighted by Gasteiger charge is -2.29. The molecule has 3 rings (SSSR count). The molecule has 0 saturated carbocycles. The summed E-state index contributed by atoms with van der Waals surface area (Å²) in [7, 11) is 1.47. The van der Waals surface area contributed by atoms with E-state index in [1.807, 2.05) is 42.5 Å². The summed E-state index contributed by atoms with van der Waals surface area (Å²) in [6, 6.07) is 15.7. The first-order valence-corrected chi connectivity index (χ1v) is 9.65. The van der Waals surface area contributed by atoms with E-state index in [2.05, 4.69) is 17.6 Å². The first-order chi connectivity index (χ1) is 14.0. The summed E-state index contributed by atoms with van der Waals surface area (Å²) in [5.74, 6) is -0.838. The Bertz CT molecular complexity index is 948. The predicted molar refractivity (Wildman–Crippen MR) is 115 cm³/mol. The fraction of sp³-hybridized carbons (Fsp3) is 0.238. The largest absolute Gasteiger partial charge is 0.319 e. The normalized spacial score (nSPS) is 17.1. The minimum Gasteiger partial charge on any atom is -0.319 e. The third-order valence-corrected chi connectivity index (χ3v) is 5.08. The molecule has 149 valence electrons. The van der Waals surface area contributed by atoms with Crippen LogP contribution in [-0.4, -0.2) is 60.3 Å². The van der Waals surface area contributed by atoms with Crippen LogP contribution in [0.15, 0.2) is 59.6 Å². The van der Waals surface area contributed by atoms with Crippen LogP contribution in [0.2, 0.25) is 0 Å². The second kappa shape index (κ2) is 9.02. The Hall–Kier alpha value is -2.97. The van der Waals surface area contributed by atoms with E-state index in [-0.39, 0.29) is 12.3 Å². The first kappa shape index (κ1) is 20.8. The highest BCUT2D eigenvalue weighted by atomic mass is 32.1. The monoisotopic (exact) mass is 409 g/mol. The van der Waals surface area contributed by atoms with Gasteiger partial charge < -0.3 is 15.5 Å². The Kier molecular flexibility index (Phi) is 6.46. The van der Waals surface area contributed by atoms with Gasteiger partial charge in [-0.05, 0) is 6.07 Å². The number of para-hydroxylation sites is 1. The van der Waals surface area contributed by atoms with Crippen LogP contribution in [-0.2, 0) is 14.4 Å². The molecule has 2 aromatic carbocycles. The molecule has 2 amide bonds. The van der Waals surface area contributed by atoms with E-state index in [0.29, 0.717) is 17.0 Å². The van der Waals surface area contributed by atoms with E-state index in [0.717, 1.165) is 5.56 Å². The Morgan fingerprint density at radius 2 is 1.90 bits per heavy atom. The summed E-state index contributed by atoms with van der Waals surface area (Å²) in [6.07, 6.45) is 0.601. The summed E-state index contributed by atoms with van der Waals surface area (Å²) in [6.45, 7) is -0.273. The van der Waals surface area contributed by atoms with Gasteiger partial charge in [0.15, 0.2) is 0 Å². The molecule has 29 heavy (non-hydrogen) atoms. The zero-order chi connectivity index (χ0) is 21.0. The van der Waals surface area contributed by atoms with Crippen molar-refractivity contribution >= 4 is 42.1 Å². The quantitative estimate of drug-likeness (QED) is 0.697. The van der Waals surface area contributed by atoms with E-state index in [1.54, 1.807) is 18.4 Å². The molecule has 2 unspecified atom stereocenters. The number of carbonyl (C=O) groups excluding carboxylic acids is 3. The summed E-state index contributed by atoms with van der Waals surface area (Å²) < 4.78 is 0. The SMILES string of the molecule is CN(C(=O)C(N)CS)C1N=C(c2ccccc2)c2ccccc2N(C[C]=O)C1=O. The van der Waals surface area contributed by atoms with Crippen molar-refractivity contribution in [1.82, 2.24) is 4.90 Å². The number of thiol groups is 1. The summed E-state index contributed by atoms with van der Waals surface area (Å²) >= 11 is 4.07. The lowest BCUT2D eigenvalue weighted by atomic mass is 10.0. The van der Waals surface area contributed by atoms with Gasteiger partial charge in [-0.1, -0.05) is 48.5 Å². The van der Waals surface area contributed by atoms with Crippen molar-refractivity contribution in [2.45, 2.75) is 12.2 Å². The number of hydrogen-bond donors (Lipinski definition) is 2. The number of benzodiazepines with no additional fused rings is 1. The van der Waals surface area contributed by atoms with Crippen LogP contribution < -0.4 is 10.6 Å². The average Bonchev–Trinajstić information content (AvgIpc) is 2.88. The molecule has 1 aliphatic heterocycles. The molecular formula is C21H21N4O3S. The standard InChI is InChI=1S/C21H21N4O3S/c1-24(20(27)16(22)13-29)19-21(28)25(11-12-26)17-10-6-5-9-15(17)18(23-19)14-7-3-2-4-8-14/h2-10,16,19,29H,11,13,22H2,1H3. The number of nitrogens with two attached hydrogens (primary N) is 1. The van der Waals surface area contributed by atoms with Gasteiger partial charge in [-0.25, -0.2) is 4.99 Å². The van der Waals surface area contributed by atoms with Crippen molar-refractivity contribution in [3.05, 3.63) is 65.7 Å². The van der Waals surface area contributed by atoms with E-state index >= 15 is 0 Å². The molecule has 0 bridgehead atoms. The van der Waals surface area contributed by atoms with Crippen LogP contribution in [0, 0.1) is 0 Å². The number of anilines is 1. The maximum absolute atomic E-state index is 13.3. The van der Waals surface area contributed by atoms with Crippen LogP contribution in [0.25, 0.3) is 0 Å². The van der Waals surface area contributed by atoms with Gasteiger partial charge in [-0.15, -0.1) is 0 Å². The molecule has 8 heteroatoms. The molecule has 0 aromatic heterocycles. The minimum absolute atomic E-state index is 0.130. The minimum atomic E-state index is -1.18. The summed E-state index contributed by atoms with van der Waals surface area (Å²) in [4.78, 5) is 44.3. The van der Waals surface area contributed by atoms with Crippen molar-refractivity contribution in [2.75, 3.05) is 24.2 Å². The number of rotatable bonds is 6. The highest BCUT2D eigenvalue weighted by Crippen LogP contribution is 2.29. The number of amides is 2. The fourth-order valence-corrected chi connectivity index (χ4v) is 3.34. The molecule has 2 atom stereocenters. The number of benzene rings is 2. The highest BCUT2D eigenvalue weighted by molar-refractivity contribution is 7.80. The van der Waals surface area contributed by atoms with Gasteiger partial charge in [0.25, 0.3) is 5.91 Å². The van der Waals surface area contributed by atoms with Gasteiger partial charge >= 0.3 is 0 Å². The second-order valence-electron chi connectivity index (χ2n) is 6.54. The average molecular weight is 409 g/mol. The van der Waals surface area contributed by atoms with Gasteiger partial charge in [0, 0.05) is 23.9 Å². The lowest BCUT2D eigenvalue weighted by molar-refractivity contribution is -0.138. The third-order valence-electron chi connectivity index (χ3n) is 4.69. The molecule has 2 aromatic rings. The van der Waals surface area contributed by atoms with Crippen molar-refractivity contribution in [1.29, 1.82) is 0 Å². The van der Waals surface area contributed by atoms with Crippen LogP contribution in [0.1, 0.15) is 11.1 Å². The number of aliphatic imine (C=N–C) groups is 1. The molecule has 1 heterocycles. The topological polar surface area (TPSA) is 96.1 Å². The molecular weight excluding hydrogens is 388 g/mol. The molecule has 0 spiro atoms. The van der Waals surface area contributed by atoms with Crippen LogP contribution >= 0.6 is 12.6 Å². The van der Waals surface area contributed by atoms with Gasteiger partial charge in [0.1, 0.15) is 0 Å². The number of hydrogen-bond acceptors (Lipinski definition) is 6. The van der Waals surface area contributed by atoms with Gasteiger partial charge in [-0.3, -0.25) is 14.4 Å². The van der Waals surface area contributed by atoms with E-state index in [9.17, 15) is 14.4 Å². The van der Waals surface area contributed by atoms with Gasteiger partial charge in [0.2, 0.25) is 18.4 Å². The van der Waals surface area contributed by atoms with E-state index < -0.39 is 24.0 Å². The molecule has 0 aliphatic carbocycles. The molecule has 2 N–H and O–H groups in total. The number of carbonyl (C=O) groups is 2. The van der Waals surface area contributed by atoms with Crippen LogP contribution in [0.3, 0.4) is 0 Å². The van der Waals surface area contributed by atoms with Crippen molar-refractivity contribution in [3.8, 4) is 0 Å². The summed E-state index contributed by atoms with van der Waals surface area (Å²) in [5, 5.41) is 0. The predicted octanol–water partition coefficient (Wildman–Crippen LogP) is 1.02. The van der Waals surface area contributed by atoms with Gasteiger partial charge in [0.05, 0.1) is 24.0 Å². The molecule has 1 aliphatic rings. The van der Waals surface area contributed by atoms with Crippen LogP contribution in [0.5, 0.6) is 0 Å². The molecule has 7 nitrogen and oxygen atoms in total. The molecule has 1 radical (unpaired) electrons. The number of likely N-dealkylation sites (N-methyl/N-ethyl adjacent to an activating group) is 1. The number of nitrogens with zero attached hydrogens (tertiary/aromatic N) is 3. The second-order valence-corrected chi connectivity index (χ2v) is 6.91. The van der Waals surface area contributed by atoms with Crippen LogP contribution in [0.4, 0.5) is 5.69 Å². The lowest BCUT2D eigenvalue weighted by Crippen LogP contribution is -2.53. The fourth-order valence-electron chi connectivity index (χ4n) is 3.18. The Labute approximate surface area is 174 Å². The van der Waals surface area contributed by atoms with E-state index in [4.69, 9.17) is 5.73 Å². The number of fused-ring (bicyclic) bond motifs is 1. The Morgan fingerprint density at radius 3 is 2.55 bits per heavy atom. The van der Waals surface area contributed by atoms with Crippen molar-refractivity contribution < 1.29 is 14.4 Å². The maximum atomic E-state index is 13.3. The molecule has 0 saturated heterocycles.